The van der Waals surface area contributed by atoms with E-state index in [0.29, 0.717) is 26.2 Å². The molecule has 2 N–H and O–H groups in total. The summed E-state index contributed by atoms with van der Waals surface area (Å²) >= 11 is 0. The van der Waals surface area contributed by atoms with Gasteiger partial charge in [0, 0.05) is 12.6 Å². The van der Waals surface area contributed by atoms with Crippen LogP contribution < -0.4 is 5.32 Å². The van der Waals surface area contributed by atoms with E-state index in [1.54, 1.807) is 0 Å². The molecular formula is C13H22N2O4. The van der Waals surface area contributed by atoms with Gasteiger partial charge in [0.25, 0.3) is 0 Å². The van der Waals surface area contributed by atoms with E-state index in [9.17, 15) is 9.59 Å². The van der Waals surface area contributed by atoms with Gasteiger partial charge in [0.15, 0.2) is 0 Å². The predicted octanol–water partition coefficient (Wildman–Crippen LogP) is 0.0766. The highest BCUT2D eigenvalue weighted by atomic mass is 16.5. The van der Waals surface area contributed by atoms with Crippen LogP contribution in [0.15, 0.2) is 0 Å². The Morgan fingerprint density at radius 3 is 2.89 bits per heavy atom. The number of carboxylic acid groups (broad SMARTS) is 1. The van der Waals surface area contributed by atoms with E-state index in [-0.39, 0.29) is 17.9 Å². The second kappa shape index (κ2) is 6.34. The monoisotopic (exact) mass is 270 g/mol. The second-order valence-electron chi connectivity index (χ2n) is 5.23. The van der Waals surface area contributed by atoms with Gasteiger partial charge >= 0.3 is 5.97 Å². The summed E-state index contributed by atoms with van der Waals surface area (Å²) in [6, 6.07) is -0.637. The Hall–Kier alpha value is -1.14. The molecule has 19 heavy (non-hydrogen) atoms. The fraction of sp³-hybridized carbons (Fsp3) is 0.846. The molecule has 0 spiro atoms. The summed E-state index contributed by atoms with van der Waals surface area (Å²) in [5.74, 6) is -1.22. The predicted molar refractivity (Wildman–Crippen MR) is 68.8 cm³/mol. The number of amides is 1. The number of carbonyl (C=O) groups is 2. The van der Waals surface area contributed by atoms with Crippen LogP contribution in [0.5, 0.6) is 0 Å². The summed E-state index contributed by atoms with van der Waals surface area (Å²) in [6.07, 6.45) is 2.32. The minimum absolute atomic E-state index is 0.0162. The quantitative estimate of drug-likeness (QED) is 0.739. The first-order valence-electron chi connectivity index (χ1n) is 6.99. The van der Waals surface area contributed by atoms with E-state index in [1.807, 2.05) is 0 Å². The zero-order valence-electron chi connectivity index (χ0n) is 11.3. The van der Waals surface area contributed by atoms with Gasteiger partial charge in [-0.25, -0.2) is 4.79 Å². The summed E-state index contributed by atoms with van der Waals surface area (Å²) in [7, 11) is 0. The van der Waals surface area contributed by atoms with Crippen molar-refractivity contribution in [1.82, 2.24) is 10.2 Å². The number of hydrogen-bond acceptors (Lipinski definition) is 4. The zero-order valence-corrected chi connectivity index (χ0v) is 11.3. The molecule has 2 aliphatic heterocycles. The highest BCUT2D eigenvalue weighted by Crippen LogP contribution is 2.24. The Labute approximate surface area is 113 Å². The van der Waals surface area contributed by atoms with Gasteiger partial charge in [0.2, 0.25) is 5.91 Å². The smallest absolute Gasteiger partial charge is 0.326 e. The molecule has 2 aliphatic rings. The van der Waals surface area contributed by atoms with Crippen molar-refractivity contribution < 1.29 is 19.4 Å². The molecule has 2 fully saturated rings. The lowest BCUT2D eigenvalue weighted by Crippen LogP contribution is -2.49. The van der Waals surface area contributed by atoms with Gasteiger partial charge in [-0.05, 0) is 25.8 Å². The van der Waals surface area contributed by atoms with E-state index in [2.05, 4.69) is 12.2 Å². The van der Waals surface area contributed by atoms with Gasteiger partial charge in [-0.3, -0.25) is 4.79 Å². The van der Waals surface area contributed by atoms with Crippen LogP contribution in [0.2, 0.25) is 0 Å². The van der Waals surface area contributed by atoms with Crippen molar-refractivity contribution >= 4 is 11.9 Å². The Kier molecular flexibility index (Phi) is 4.76. The molecule has 6 heteroatoms. The first-order chi connectivity index (χ1) is 9.15. The fourth-order valence-corrected chi connectivity index (χ4v) is 2.83. The summed E-state index contributed by atoms with van der Waals surface area (Å²) < 4.78 is 5.39. The molecule has 2 unspecified atom stereocenters. The fourth-order valence-electron chi connectivity index (χ4n) is 2.83. The largest absolute Gasteiger partial charge is 0.480 e. The lowest BCUT2D eigenvalue weighted by Gasteiger charge is -2.27. The van der Waals surface area contributed by atoms with Gasteiger partial charge in [-0.15, -0.1) is 0 Å². The van der Waals surface area contributed by atoms with Crippen molar-refractivity contribution in [3.8, 4) is 0 Å². The molecule has 2 rings (SSSR count). The number of carbonyl (C=O) groups excluding carboxylic acids is 1. The van der Waals surface area contributed by atoms with Crippen LogP contribution in [-0.4, -0.2) is 60.3 Å². The number of nitrogens with one attached hydrogen (secondary N) is 1. The molecule has 2 heterocycles. The first kappa shape index (κ1) is 14.3. The highest BCUT2D eigenvalue weighted by molar-refractivity contribution is 5.86. The SMILES string of the molecule is CCCNC1COCC1C(=O)N1CCC[C@@H]1C(=O)O. The van der Waals surface area contributed by atoms with Crippen LogP contribution >= 0.6 is 0 Å². The maximum Gasteiger partial charge on any atom is 0.326 e. The van der Waals surface area contributed by atoms with E-state index in [0.717, 1.165) is 19.4 Å². The standard InChI is InChI=1S/C13H22N2O4/c1-2-5-14-10-8-19-7-9(10)12(16)15-6-3-4-11(15)13(17)18/h9-11,14H,2-8H2,1H3,(H,17,18)/t9?,10?,11-/m1/s1. The lowest BCUT2D eigenvalue weighted by molar-refractivity contribution is -0.150. The third-order valence-electron chi connectivity index (χ3n) is 3.88. The minimum Gasteiger partial charge on any atom is -0.480 e. The van der Waals surface area contributed by atoms with Gasteiger partial charge in [0.1, 0.15) is 6.04 Å². The second-order valence-corrected chi connectivity index (χ2v) is 5.23. The Morgan fingerprint density at radius 2 is 2.21 bits per heavy atom. The lowest BCUT2D eigenvalue weighted by atomic mass is 10.0. The molecule has 0 aliphatic carbocycles. The van der Waals surface area contributed by atoms with Crippen molar-refractivity contribution in [2.45, 2.75) is 38.3 Å². The van der Waals surface area contributed by atoms with Crippen LogP contribution in [0, 0.1) is 5.92 Å². The third kappa shape index (κ3) is 3.06. The molecule has 108 valence electrons. The molecule has 1 amide bonds. The molecular weight excluding hydrogens is 248 g/mol. The van der Waals surface area contributed by atoms with E-state index in [1.165, 1.54) is 4.90 Å². The van der Waals surface area contributed by atoms with Crippen LogP contribution in [0.1, 0.15) is 26.2 Å². The molecule has 0 bridgehead atoms. The van der Waals surface area contributed by atoms with Gasteiger partial charge in [0.05, 0.1) is 19.1 Å². The van der Waals surface area contributed by atoms with Gasteiger partial charge < -0.3 is 20.1 Å². The normalized spacial score (nSPS) is 30.8. The van der Waals surface area contributed by atoms with Gasteiger partial charge in [-0.2, -0.15) is 0 Å². The summed E-state index contributed by atoms with van der Waals surface area (Å²) in [4.78, 5) is 25.1. The molecule has 0 radical (unpaired) electrons. The number of carboxylic acids is 1. The van der Waals surface area contributed by atoms with Crippen molar-refractivity contribution in [2.24, 2.45) is 5.92 Å². The number of hydrogen-bond donors (Lipinski definition) is 2. The third-order valence-corrected chi connectivity index (χ3v) is 3.88. The average Bonchev–Trinajstić information content (AvgIpc) is 3.04. The van der Waals surface area contributed by atoms with E-state index in [4.69, 9.17) is 9.84 Å². The molecule has 6 nitrogen and oxygen atoms in total. The zero-order chi connectivity index (χ0) is 13.8. The average molecular weight is 270 g/mol. The summed E-state index contributed by atoms with van der Waals surface area (Å²) in [5.41, 5.74) is 0. The summed E-state index contributed by atoms with van der Waals surface area (Å²) in [5, 5.41) is 12.5. The topological polar surface area (TPSA) is 78.9 Å². The van der Waals surface area contributed by atoms with E-state index >= 15 is 0 Å². The molecule has 0 saturated carbocycles. The molecule has 2 saturated heterocycles. The minimum atomic E-state index is -0.900. The van der Waals surface area contributed by atoms with Crippen LogP contribution in [0.3, 0.4) is 0 Å². The number of rotatable bonds is 5. The Bertz CT molecular complexity index is 348. The maximum absolute atomic E-state index is 12.5. The van der Waals surface area contributed by atoms with Crippen molar-refractivity contribution in [3.63, 3.8) is 0 Å². The van der Waals surface area contributed by atoms with Crippen LogP contribution in [-0.2, 0) is 14.3 Å². The Morgan fingerprint density at radius 1 is 1.42 bits per heavy atom. The maximum atomic E-state index is 12.5. The highest BCUT2D eigenvalue weighted by Gasteiger charge is 2.41. The number of likely N-dealkylation sites (tertiary alicyclic amines) is 1. The van der Waals surface area contributed by atoms with Crippen molar-refractivity contribution in [2.75, 3.05) is 26.3 Å². The molecule has 0 aromatic carbocycles. The van der Waals surface area contributed by atoms with E-state index < -0.39 is 12.0 Å². The molecule has 0 aromatic heterocycles. The first-order valence-corrected chi connectivity index (χ1v) is 6.99. The Balaban J connectivity index is 1.99. The van der Waals surface area contributed by atoms with Crippen LogP contribution in [0.4, 0.5) is 0 Å². The number of ether oxygens (including phenoxy) is 1. The van der Waals surface area contributed by atoms with Crippen LogP contribution in [0.25, 0.3) is 0 Å². The molecule has 3 atom stereocenters. The number of nitrogens with zero attached hydrogens (tertiary/aromatic N) is 1. The summed E-state index contributed by atoms with van der Waals surface area (Å²) in [6.45, 7) is 4.39. The van der Waals surface area contributed by atoms with Crippen molar-refractivity contribution in [3.05, 3.63) is 0 Å². The molecule has 0 aromatic rings. The van der Waals surface area contributed by atoms with Gasteiger partial charge in [-0.1, -0.05) is 6.92 Å². The van der Waals surface area contributed by atoms with Crippen molar-refractivity contribution in [1.29, 1.82) is 0 Å². The number of aliphatic carboxylic acids is 1.